The molecular formula is C12H6Cl2F2O2S. The molecular weight excluding hydrogens is 317 g/mol. The third-order valence-electron chi connectivity index (χ3n) is 2.16. The molecule has 0 N–H and O–H groups in total. The molecule has 0 aliphatic rings. The molecule has 0 radical (unpaired) electrons. The van der Waals surface area contributed by atoms with Crippen molar-refractivity contribution in [2.45, 2.75) is 0 Å². The van der Waals surface area contributed by atoms with Gasteiger partial charge in [-0.05, 0) is 6.07 Å². The maximum atomic E-state index is 12.9. The topological polar surface area (TPSA) is 26.3 Å². The van der Waals surface area contributed by atoms with Gasteiger partial charge in [0, 0.05) is 18.2 Å². The smallest absolute Gasteiger partial charge is 0.202 e. The maximum absolute atomic E-state index is 12.9. The number of rotatable bonds is 4. The number of benzene rings is 1. The van der Waals surface area contributed by atoms with Crippen molar-refractivity contribution in [3.63, 3.8) is 0 Å². The molecule has 0 spiro atoms. The van der Waals surface area contributed by atoms with Gasteiger partial charge in [-0.1, -0.05) is 23.2 Å². The fraction of sp³-hybridized carbons (Fsp3) is 0.0833. The fourth-order valence-corrected chi connectivity index (χ4v) is 2.87. The predicted octanol–water partition coefficient (Wildman–Crippen LogP) is 4.59. The third kappa shape index (κ3) is 3.65. The summed E-state index contributed by atoms with van der Waals surface area (Å²) in [7, 11) is 0. The quantitative estimate of drug-likeness (QED) is 0.769. The highest BCUT2D eigenvalue weighted by atomic mass is 35.5. The lowest BCUT2D eigenvalue weighted by atomic mass is 10.2. The Morgan fingerprint density at radius 3 is 2.32 bits per heavy atom. The van der Waals surface area contributed by atoms with Crippen molar-refractivity contribution in [1.82, 2.24) is 0 Å². The fourth-order valence-electron chi connectivity index (χ4n) is 1.37. The monoisotopic (exact) mass is 322 g/mol. The SMILES string of the molecule is O=C(COc1cc(F)cc(F)c1)c1cc(Cl)sc1Cl. The average Bonchev–Trinajstić information content (AvgIpc) is 2.64. The Labute approximate surface area is 121 Å². The van der Waals surface area contributed by atoms with Gasteiger partial charge in [-0.15, -0.1) is 11.3 Å². The van der Waals surface area contributed by atoms with Crippen molar-refractivity contribution in [3.8, 4) is 5.75 Å². The first kappa shape index (κ1) is 14.2. The summed E-state index contributed by atoms with van der Waals surface area (Å²) in [6, 6.07) is 4.10. The third-order valence-corrected chi connectivity index (χ3v) is 3.65. The summed E-state index contributed by atoms with van der Waals surface area (Å²) in [6.07, 6.45) is 0. The number of hydrogen-bond acceptors (Lipinski definition) is 3. The first-order chi connectivity index (χ1) is 8.95. The van der Waals surface area contributed by atoms with Crippen LogP contribution in [0.25, 0.3) is 0 Å². The van der Waals surface area contributed by atoms with E-state index in [0.717, 1.165) is 23.5 Å². The zero-order valence-corrected chi connectivity index (χ0v) is 11.6. The van der Waals surface area contributed by atoms with Gasteiger partial charge in [-0.2, -0.15) is 0 Å². The molecule has 0 amide bonds. The van der Waals surface area contributed by atoms with Crippen molar-refractivity contribution in [2.75, 3.05) is 6.61 Å². The van der Waals surface area contributed by atoms with Crippen molar-refractivity contribution < 1.29 is 18.3 Å². The largest absolute Gasteiger partial charge is 0.485 e. The average molecular weight is 323 g/mol. The molecule has 0 bridgehead atoms. The molecule has 1 heterocycles. The van der Waals surface area contributed by atoms with E-state index in [4.69, 9.17) is 27.9 Å². The number of thiophene rings is 1. The van der Waals surface area contributed by atoms with Gasteiger partial charge >= 0.3 is 0 Å². The second-order valence-corrected chi connectivity index (χ2v) is 5.84. The van der Waals surface area contributed by atoms with Crippen LogP contribution in [0.2, 0.25) is 8.67 Å². The van der Waals surface area contributed by atoms with E-state index in [1.54, 1.807) is 0 Å². The van der Waals surface area contributed by atoms with E-state index in [2.05, 4.69) is 0 Å². The Morgan fingerprint density at radius 2 is 1.79 bits per heavy atom. The summed E-state index contributed by atoms with van der Waals surface area (Å²) in [4.78, 5) is 11.8. The molecule has 2 aromatic rings. The van der Waals surface area contributed by atoms with Crippen LogP contribution in [0, 0.1) is 11.6 Å². The van der Waals surface area contributed by atoms with Gasteiger partial charge in [0.15, 0.2) is 6.61 Å². The molecule has 2 rings (SSSR count). The number of hydrogen-bond donors (Lipinski definition) is 0. The molecule has 100 valence electrons. The van der Waals surface area contributed by atoms with Crippen LogP contribution in [-0.4, -0.2) is 12.4 Å². The lowest BCUT2D eigenvalue weighted by molar-refractivity contribution is 0.0921. The van der Waals surface area contributed by atoms with E-state index >= 15 is 0 Å². The molecule has 0 saturated heterocycles. The lowest BCUT2D eigenvalue weighted by Crippen LogP contribution is -2.11. The summed E-state index contributed by atoms with van der Waals surface area (Å²) < 4.78 is 31.5. The molecule has 0 atom stereocenters. The molecule has 0 unspecified atom stereocenters. The number of carbonyl (C=O) groups is 1. The van der Waals surface area contributed by atoms with Gasteiger partial charge in [0.05, 0.1) is 9.90 Å². The van der Waals surface area contributed by atoms with Crippen molar-refractivity contribution in [2.24, 2.45) is 0 Å². The van der Waals surface area contributed by atoms with Crippen LogP contribution in [0.15, 0.2) is 24.3 Å². The van der Waals surface area contributed by atoms with E-state index < -0.39 is 17.4 Å². The van der Waals surface area contributed by atoms with Gasteiger partial charge < -0.3 is 4.74 Å². The van der Waals surface area contributed by atoms with Crippen LogP contribution in [0.1, 0.15) is 10.4 Å². The van der Waals surface area contributed by atoms with Gasteiger partial charge in [-0.3, -0.25) is 4.79 Å². The minimum Gasteiger partial charge on any atom is -0.485 e. The summed E-state index contributed by atoms with van der Waals surface area (Å²) >= 11 is 12.6. The van der Waals surface area contributed by atoms with Crippen LogP contribution in [0.4, 0.5) is 8.78 Å². The van der Waals surface area contributed by atoms with Gasteiger partial charge in [0.25, 0.3) is 0 Å². The summed E-state index contributed by atoms with van der Waals surface area (Å²) in [5.41, 5.74) is 0.230. The summed E-state index contributed by atoms with van der Waals surface area (Å²) in [5.74, 6) is -2.04. The van der Waals surface area contributed by atoms with Crippen molar-refractivity contribution >= 4 is 40.3 Å². The van der Waals surface area contributed by atoms with Gasteiger partial charge in [0.2, 0.25) is 5.78 Å². The maximum Gasteiger partial charge on any atom is 0.202 e. The van der Waals surface area contributed by atoms with Gasteiger partial charge in [0.1, 0.15) is 21.7 Å². The van der Waals surface area contributed by atoms with E-state index in [-0.39, 0.29) is 22.3 Å². The summed E-state index contributed by atoms with van der Waals surface area (Å²) in [6.45, 7) is -0.379. The molecule has 1 aromatic carbocycles. The van der Waals surface area contributed by atoms with E-state index in [9.17, 15) is 13.6 Å². The van der Waals surface area contributed by atoms with Crippen LogP contribution >= 0.6 is 34.5 Å². The highest BCUT2D eigenvalue weighted by Gasteiger charge is 2.15. The Balaban J connectivity index is 2.06. The molecule has 0 aliphatic heterocycles. The van der Waals surface area contributed by atoms with Crippen molar-refractivity contribution in [3.05, 3.63) is 50.1 Å². The predicted molar refractivity (Wildman–Crippen MR) is 70.5 cm³/mol. The number of ether oxygens (including phenoxy) is 1. The number of carbonyl (C=O) groups excluding carboxylic acids is 1. The zero-order valence-electron chi connectivity index (χ0n) is 9.25. The van der Waals surface area contributed by atoms with Crippen LogP contribution in [0.5, 0.6) is 5.75 Å². The highest BCUT2D eigenvalue weighted by Crippen LogP contribution is 2.31. The number of halogens is 4. The first-order valence-corrected chi connectivity index (χ1v) is 6.60. The molecule has 0 fully saturated rings. The normalized spacial score (nSPS) is 10.5. The van der Waals surface area contributed by atoms with E-state index in [0.29, 0.717) is 10.4 Å². The molecule has 7 heteroatoms. The second kappa shape index (κ2) is 5.86. The lowest BCUT2D eigenvalue weighted by Gasteiger charge is -2.05. The molecule has 1 aromatic heterocycles. The molecule has 0 saturated carbocycles. The number of ketones is 1. The van der Waals surface area contributed by atoms with Crippen LogP contribution in [0.3, 0.4) is 0 Å². The van der Waals surface area contributed by atoms with Crippen LogP contribution < -0.4 is 4.74 Å². The molecule has 19 heavy (non-hydrogen) atoms. The zero-order chi connectivity index (χ0) is 14.0. The second-order valence-electron chi connectivity index (χ2n) is 3.55. The van der Waals surface area contributed by atoms with E-state index in [1.807, 2.05) is 0 Å². The molecule has 0 aliphatic carbocycles. The Kier molecular flexibility index (Phi) is 4.39. The van der Waals surface area contributed by atoms with Gasteiger partial charge in [-0.25, -0.2) is 8.78 Å². The Morgan fingerprint density at radius 1 is 1.16 bits per heavy atom. The molecule has 2 nitrogen and oxygen atoms in total. The standard InChI is InChI=1S/C12H6Cl2F2O2S/c13-11-4-9(12(14)19-11)10(17)5-18-8-2-6(15)1-7(16)3-8/h1-4H,5H2. The Hall–Kier alpha value is -1.17. The van der Waals surface area contributed by atoms with Crippen LogP contribution in [-0.2, 0) is 0 Å². The Bertz CT molecular complexity index is 608. The summed E-state index contributed by atoms with van der Waals surface area (Å²) in [5, 5.41) is 0. The first-order valence-electron chi connectivity index (χ1n) is 5.02. The minimum absolute atomic E-state index is 0.0664. The van der Waals surface area contributed by atoms with Crippen molar-refractivity contribution in [1.29, 1.82) is 0 Å². The number of Topliss-reactive ketones (excluding diaryl/α,β-unsaturated/α-hetero) is 1. The highest BCUT2D eigenvalue weighted by molar-refractivity contribution is 7.20. The van der Waals surface area contributed by atoms with E-state index in [1.165, 1.54) is 6.07 Å². The minimum atomic E-state index is -0.779.